The van der Waals surface area contributed by atoms with Gasteiger partial charge in [0.1, 0.15) is 11.4 Å². The number of ether oxygens (including phenoxy) is 1. The molecular formula is C22H28N2O4. The van der Waals surface area contributed by atoms with Crippen LogP contribution in [0, 0.1) is 0 Å². The molecule has 2 aromatic rings. The molecular weight excluding hydrogens is 356 g/mol. The summed E-state index contributed by atoms with van der Waals surface area (Å²) in [6, 6.07) is 12.0. The summed E-state index contributed by atoms with van der Waals surface area (Å²) < 4.78 is 10.9. The highest BCUT2D eigenvalue weighted by atomic mass is 16.6. The van der Waals surface area contributed by atoms with E-state index in [0.29, 0.717) is 36.9 Å². The average molecular weight is 384 g/mol. The predicted molar refractivity (Wildman–Crippen MR) is 107 cm³/mol. The second-order valence-corrected chi connectivity index (χ2v) is 8.14. The zero-order valence-electron chi connectivity index (χ0n) is 16.7. The summed E-state index contributed by atoms with van der Waals surface area (Å²) in [4.78, 5) is 24.6. The van der Waals surface area contributed by atoms with E-state index in [1.807, 2.05) is 32.9 Å². The third kappa shape index (κ3) is 5.45. The maximum absolute atomic E-state index is 12.1. The van der Waals surface area contributed by atoms with Gasteiger partial charge in [0.05, 0.1) is 0 Å². The highest BCUT2D eigenvalue weighted by molar-refractivity contribution is 5.72. The summed E-state index contributed by atoms with van der Waals surface area (Å²) >= 11 is 0. The number of benzene rings is 1. The summed E-state index contributed by atoms with van der Waals surface area (Å²) in [5.41, 5.74) is 1.67. The number of aldehydes is 1. The fourth-order valence-electron chi connectivity index (χ4n) is 3.21. The fraction of sp³-hybridized carbons (Fsp3) is 0.455. The molecule has 3 rings (SSSR count). The Labute approximate surface area is 165 Å². The molecule has 1 aliphatic rings. The Balaban J connectivity index is 1.45. The number of piperidine rings is 1. The smallest absolute Gasteiger partial charge is 0.410 e. The molecule has 0 unspecified atom stereocenters. The van der Waals surface area contributed by atoms with Crippen molar-refractivity contribution < 1.29 is 18.7 Å². The predicted octanol–water partition coefficient (Wildman–Crippen LogP) is 4.25. The van der Waals surface area contributed by atoms with E-state index in [0.717, 1.165) is 24.9 Å². The molecule has 0 aliphatic carbocycles. The van der Waals surface area contributed by atoms with Crippen molar-refractivity contribution in [3.63, 3.8) is 0 Å². The first kappa shape index (κ1) is 20.1. The summed E-state index contributed by atoms with van der Waals surface area (Å²) in [5, 5.41) is 3.57. The number of carbonyl (C=O) groups is 2. The van der Waals surface area contributed by atoms with Gasteiger partial charge >= 0.3 is 6.09 Å². The Bertz CT molecular complexity index is 797. The number of nitrogens with zero attached hydrogens (tertiary/aromatic N) is 1. The first-order valence-electron chi connectivity index (χ1n) is 9.70. The molecule has 1 aromatic carbocycles. The molecule has 0 bridgehead atoms. The molecule has 2 heterocycles. The molecule has 1 N–H and O–H groups in total. The van der Waals surface area contributed by atoms with Crippen molar-refractivity contribution in [1.82, 2.24) is 10.2 Å². The quantitative estimate of drug-likeness (QED) is 0.781. The second-order valence-electron chi connectivity index (χ2n) is 8.14. The molecule has 1 aromatic heterocycles. The first-order valence-corrected chi connectivity index (χ1v) is 9.70. The topological polar surface area (TPSA) is 71.8 Å². The van der Waals surface area contributed by atoms with Gasteiger partial charge in [0.15, 0.2) is 12.0 Å². The van der Waals surface area contributed by atoms with Crippen LogP contribution in [0.3, 0.4) is 0 Å². The Morgan fingerprint density at radius 1 is 1.18 bits per heavy atom. The first-order chi connectivity index (χ1) is 13.3. The SMILES string of the molecule is CC(C)(C)OC(=O)N1CCC(NCc2ccc(-c3ccc(C=O)o3)cc2)CC1. The van der Waals surface area contributed by atoms with Crippen molar-refractivity contribution in [1.29, 1.82) is 0 Å². The minimum absolute atomic E-state index is 0.225. The van der Waals surface area contributed by atoms with Gasteiger partial charge in [-0.05, 0) is 51.3 Å². The van der Waals surface area contributed by atoms with E-state index in [9.17, 15) is 9.59 Å². The van der Waals surface area contributed by atoms with Crippen LogP contribution in [0.15, 0.2) is 40.8 Å². The maximum Gasteiger partial charge on any atom is 0.410 e. The van der Waals surface area contributed by atoms with E-state index in [1.54, 1.807) is 17.0 Å². The second kappa shape index (κ2) is 8.61. The minimum Gasteiger partial charge on any atom is -0.453 e. The van der Waals surface area contributed by atoms with Crippen LogP contribution >= 0.6 is 0 Å². The molecule has 1 fully saturated rings. The molecule has 28 heavy (non-hydrogen) atoms. The number of carbonyl (C=O) groups excluding carboxylic acids is 2. The van der Waals surface area contributed by atoms with Gasteiger partial charge in [0, 0.05) is 31.2 Å². The van der Waals surface area contributed by atoms with Crippen molar-refractivity contribution in [2.75, 3.05) is 13.1 Å². The zero-order chi connectivity index (χ0) is 20.1. The van der Waals surface area contributed by atoms with Gasteiger partial charge in [-0.25, -0.2) is 4.79 Å². The van der Waals surface area contributed by atoms with Gasteiger partial charge in [-0.3, -0.25) is 4.79 Å². The zero-order valence-corrected chi connectivity index (χ0v) is 16.7. The molecule has 6 heteroatoms. The van der Waals surface area contributed by atoms with E-state index in [-0.39, 0.29) is 6.09 Å². The van der Waals surface area contributed by atoms with Crippen LogP contribution in [-0.4, -0.2) is 42.0 Å². The molecule has 0 saturated carbocycles. The van der Waals surface area contributed by atoms with Crippen molar-refractivity contribution in [3.05, 3.63) is 47.7 Å². The monoisotopic (exact) mass is 384 g/mol. The maximum atomic E-state index is 12.1. The van der Waals surface area contributed by atoms with Crippen LogP contribution in [0.5, 0.6) is 0 Å². The molecule has 6 nitrogen and oxygen atoms in total. The molecule has 1 amide bonds. The largest absolute Gasteiger partial charge is 0.453 e. The van der Waals surface area contributed by atoms with E-state index in [2.05, 4.69) is 17.4 Å². The number of hydrogen-bond donors (Lipinski definition) is 1. The summed E-state index contributed by atoms with van der Waals surface area (Å²) in [7, 11) is 0. The molecule has 1 aliphatic heterocycles. The molecule has 1 saturated heterocycles. The third-order valence-corrected chi connectivity index (χ3v) is 4.72. The number of likely N-dealkylation sites (tertiary alicyclic amines) is 1. The summed E-state index contributed by atoms with van der Waals surface area (Å²) in [5.74, 6) is 1.02. The van der Waals surface area contributed by atoms with E-state index >= 15 is 0 Å². The van der Waals surface area contributed by atoms with E-state index < -0.39 is 5.60 Å². The van der Waals surface area contributed by atoms with Crippen molar-refractivity contribution in [2.24, 2.45) is 0 Å². The lowest BCUT2D eigenvalue weighted by Crippen LogP contribution is -2.46. The lowest BCUT2D eigenvalue weighted by Gasteiger charge is -2.33. The molecule has 0 spiro atoms. The van der Waals surface area contributed by atoms with Gasteiger partial charge in [0.2, 0.25) is 0 Å². The van der Waals surface area contributed by atoms with Gasteiger partial charge in [-0.1, -0.05) is 24.3 Å². The van der Waals surface area contributed by atoms with Crippen LogP contribution in [-0.2, 0) is 11.3 Å². The number of rotatable bonds is 5. The Kier molecular flexibility index (Phi) is 6.19. The number of amides is 1. The van der Waals surface area contributed by atoms with Crippen molar-refractivity contribution >= 4 is 12.4 Å². The van der Waals surface area contributed by atoms with E-state index in [1.165, 1.54) is 5.56 Å². The van der Waals surface area contributed by atoms with Gasteiger partial charge in [-0.2, -0.15) is 0 Å². The van der Waals surface area contributed by atoms with Crippen molar-refractivity contribution in [3.8, 4) is 11.3 Å². The molecule has 150 valence electrons. The fourth-order valence-corrected chi connectivity index (χ4v) is 3.21. The van der Waals surface area contributed by atoms with Gasteiger partial charge in [-0.15, -0.1) is 0 Å². The van der Waals surface area contributed by atoms with Crippen LogP contribution in [0.25, 0.3) is 11.3 Å². The highest BCUT2D eigenvalue weighted by Gasteiger charge is 2.26. The van der Waals surface area contributed by atoms with Crippen LogP contribution in [0.2, 0.25) is 0 Å². The Morgan fingerprint density at radius 2 is 1.86 bits per heavy atom. The van der Waals surface area contributed by atoms with Gasteiger partial charge < -0.3 is 19.4 Å². The lowest BCUT2D eigenvalue weighted by atomic mass is 10.0. The van der Waals surface area contributed by atoms with Crippen LogP contribution in [0.4, 0.5) is 4.79 Å². The normalized spacial score (nSPS) is 15.5. The Hall–Kier alpha value is -2.60. The summed E-state index contributed by atoms with van der Waals surface area (Å²) in [6.45, 7) is 7.86. The Morgan fingerprint density at radius 3 is 2.43 bits per heavy atom. The molecule has 0 radical (unpaired) electrons. The molecule has 0 atom stereocenters. The third-order valence-electron chi connectivity index (χ3n) is 4.72. The number of nitrogens with one attached hydrogen (secondary N) is 1. The van der Waals surface area contributed by atoms with Crippen LogP contribution in [0.1, 0.15) is 49.7 Å². The highest BCUT2D eigenvalue weighted by Crippen LogP contribution is 2.22. The van der Waals surface area contributed by atoms with Crippen LogP contribution < -0.4 is 5.32 Å². The minimum atomic E-state index is -0.456. The number of furan rings is 1. The standard InChI is InChI=1S/C22H28N2O4/c1-22(2,3)28-21(26)24-12-10-18(11-13-24)23-14-16-4-6-17(7-5-16)20-9-8-19(15-25)27-20/h4-9,15,18,23H,10-14H2,1-3H3. The van der Waals surface area contributed by atoms with E-state index in [4.69, 9.17) is 9.15 Å². The number of hydrogen-bond acceptors (Lipinski definition) is 5. The van der Waals surface area contributed by atoms with Gasteiger partial charge in [0.25, 0.3) is 0 Å². The lowest BCUT2D eigenvalue weighted by molar-refractivity contribution is 0.0198. The average Bonchev–Trinajstić information content (AvgIpc) is 3.15. The summed E-state index contributed by atoms with van der Waals surface area (Å²) in [6.07, 6.45) is 2.31. The van der Waals surface area contributed by atoms with Crippen molar-refractivity contribution in [2.45, 2.75) is 51.8 Å².